The Bertz CT molecular complexity index is 1080. The molecule has 2 aromatic carbocycles. The molecule has 6 heteroatoms. The molecule has 1 fully saturated rings. The van der Waals surface area contributed by atoms with Gasteiger partial charge < -0.3 is 19.6 Å². The summed E-state index contributed by atoms with van der Waals surface area (Å²) >= 11 is 0. The lowest BCUT2D eigenvalue weighted by atomic mass is 9.85. The van der Waals surface area contributed by atoms with Crippen LogP contribution in [0, 0.1) is 0 Å². The summed E-state index contributed by atoms with van der Waals surface area (Å²) in [7, 11) is 3.83. The summed E-state index contributed by atoms with van der Waals surface area (Å²) in [5, 5.41) is 11.2. The fourth-order valence-corrected chi connectivity index (χ4v) is 3.95. The van der Waals surface area contributed by atoms with Crippen LogP contribution in [0.3, 0.4) is 0 Å². The van der Waals surface area contributed by atoms with Crippen LogP contribution in [0.2, 0.25) is 0 Å². The summed E-state index contributed by atoms with van der Waals surface area (Å²) in [4.78, 5) is 29.7. The number of benzene rings is 2. The van der Waals surface area contributed by atoms with Gasteiger partial charge in [-0.25, -0.2) is 0 Å². The normalized spacial score (nSPS) is 17.9. The number of carbonyl (C=O) groups is 2. The number of carbonyl (C=O) groups excluding carboxylic acids is 2. The minimum absolute atomic E-state index is 0.0271. The Morgan fingerprint density at radius 1 is 1.09 bits per heavy atom. The first-order valence-electron chi connectivity index (χ1n) is 11.4. The third kappa shape index (κ3) is 5.39. The largest absolute Gasteiger partial charge is 0.507 e. The molecule has 6 nitrogen and oxygen atoms in total. The Hall–Kier alpha value is -3.38. The van der Waals surface area contributed by atoms with Crippen LogP contribution in [0.25, 0.3) is 5.76 Å². The van der Waals surface area contributed by atoms with E-state index in [1.165, 1.54) is 0 Å². The van der Waals surface area contributed by atoms with Gasteiger partial charge in [0.1, 0.15) is 18.1 Å². The van der Waals surface area contributed by atoms with E-state index in [2.05, 4.69) is 27.4 Å². The number of ketones is 1. The average molecular weight is 463 g/mol. The number of rotatable bonds is 8. The van der Waals surface area contributed by atoms with Gasteiger partial charge in [-0.3, -0.25) is 9.59 Å². The summed E-state index contributed by atoms with van der Waals surface area (Å²) < 4.78 is 5.50. The van der Waals surface area contributed by atoms with E-state index in [0.29, 0.717) is 31.0 Å². The Morgan fingerprint density at radius 3 is 2.24 bits per heavy atom. The molecular weight excluding hydrogens is 428 g/mol. The van der Waals surface area contributed by atoms with Crippen molar-refractivity contribution in [1.82, 2.24) is 9.80 Å². The molecule has 1 atom stereocenters. The monoisotopic (exact) mass is 462 g/mol. The van der Waals surface area contributed by atoms with Crippen molar-refractivity contribution in [3.63, 3.8) is 0 Å². The van der Waals surface area contributed by atoms with Crippen molar-refractivity contribution < 1.29 is 19.4 Å². The lowest BCUT2D eigenvalue weighted by Gasteiger charge is -2.27. The van der Waals surface area contributed by atoms with Gasteiger partial charge in [0, 0.05) is 18.7 Å². The van der Waals surface area contributed by atoms with Crippen molar-refractivity contribution in [1.29, 1.82) is 0 Å². The van der Waals surface area contributed by atoms with E-state index in [4.69, 9.17) is 4.74 Å². The van der Waals surface area contributed by atoms with Crippen molar-refractivity contribution in [3.05, 3.63) is 83.4 Å². The summed E-state index contributed by atoms with van der Waals surface area (Å²) in [5.41, 5.74) is 2.47. The van der Waals surface area contributed by atoms with Crippen LogP contribution < -0.4 is 4.74 Å². The first-order chi connectivity index (χ1) is 16.0. The third-order valence-electron chi connectivity index (χ3n) is 5.92. The van der Waals surface area contributed by atoms with Gasteiger partial charge in [-0.2, -0.15) is 0 Å². The zero-order chi connectivity index (χ0) is 25.0. The van der Waals surface area contributed by atoms with Crippen LogP contribution >= 0.6 is 0 Å². The molecule has 1 heterocycles. The van der Waals surface area contributed by atoms with Crippen LogP contribution in [0.5, 0.6) is 5.75 Å². The summed E-state index contributed by atoms with van der Waals surface area (Å²) in [5.74, 6) is -0.838. The second kappa shape index (κ2) is 10.3. The van der Waals surface area contributed by atoms with E-state index in [1.807, 2.05) is 43.3 Å². The number of likely N-dealkylation sites (tertiary alicyclic amines) is 1. The average Bonchev–Trinajstić information content (AvgIpc) is 3.05. The summed E-state index contributed by atoms with van der Waals surface area (Å²) in [6, 6.07) is 14.1. The zero-order valence-electron chi connectivity index (χ0n) is 20.7. The molecule has 1 N–H and O–H groups in total. The fourth-order valence-electron chi connectivity index (χ4n) is 3.95. The molecule has 0 saturated carbocycles. The van der Waals surface area contributed by atoms with Crippen molar-refractivity contribution in [2.45, 2.75) is 32.2 Å². The van der Waals surface area contributed by atoms with Crippen LogP contribution in [-0.4, -0.2) is 60.4 Å². The smallest absolute Gasteiger partial charge is 0.295 e. The van der Waals surface area contributed by atoms with Gasteiger partial charge in [-0.15, -0.1) is 0 Å². The van der Waals surface area contributed by atoms with E-state index < -0.39 is 17.7 Å². The molecular formula is C28H34N2O4. The van der Waals surface area contributed by atoms with Gasteiger partial charge in [0.15, 0.2) is 0 Å². The Kier molecular flexibility index (Phi) is 7.62. The van der Waals surface area contributed by atoms with Crippen molar-refractivity contribution in [2.24, 2.45) is 0 Å². The molecule has 0 aliphatic carbocycles. The van der Waals surface area contributed by atoms with Crippen molar-refractivity contribution in [2.75, 3.05) is 33.8 Å². The minimum Gasteiger partial charge on any atom is -0.507 e. The highest BCUT2D eigenvalue weighted by Gasteiger charge is 2.45. The highest BCUT2D eigenvalue weighted by atomic mass is 16.5. The predicted molar refractivity (Wildman–Crippen MR) is 135 cm³/mol. The molecule has 34 heavy (non-hydrogen) atoms. The van der Waals surface area contributed by atoms with Gasteiger partial charge in [0.05, 0.1) is 11.6 Å². The number of Topliss-reactive ketones (excluding diaryl/α,β-unsaturated/α-hetero) is 1. The first-order valence-corrected chi connectivity index (χ1v) is 11.4. The number of nitrogens with zero attached hydrogens (tertiary/aromatic N) is 2. The maximum atomic E-state index is 13.1. The van der Waals surface area contributed by atoms with Gasteiger partial charge in [-0.1, -0.05) is 57.7 Å². The summed E-state index contributed by atoms with van der Waals surface area (Å²) in [6.07, 6.45) is 1.65. The van der Waals surface area contributed by atoms with E-state index in [9.17, 15) is 14.7 Å². The number of aliphatic hydroxyl groups excluding tert-OH is 1. The van der Waals surface area contributed by atoms with Crippen molar-refractivity contribution >= 4 is 17.4 Å². The second-order valence-electron chi connectivity index (χ2n) is 9.79. The van der Waals surface area contributed by atoms with E-state index in [0.717, 1.165) is 11.1 Å². The highest BCUT2D eigenvalue weighted by Crippen LogP contribution is 2.40. The fraction of sp³-hybridized carbons (Fsp3) is 0.357. The Balaban J connectivity index is 2.07. The van der Waals surface area contributed by atoms with E-state index >= 15 is 0 Å². The zero-order valence-corrected chi connectivity index (χ0v) is 20.7. The molecule has 1 saturated heterocycles. The molecule has 1 amide bonds. The van der Waals surface area contributed by atoms with Crippen LogP contribution in [0.1, 0.15) is 43.5 Å². The summed E-state index contributed by atoms with van der Waals surface area (Å²) in [6.45, 7) is 11.4. The van der Waals surface area contributed by atoms with Crippen LogP contribution in [-0.2, 0) is 15.0 Å². The number of aliphatic hydroxyl groups is 1. The number of likely N-dealkylation sites (N-methyl/N-ethyl adjacent to an activating group) is 1. The van der Waals surface area contributed by atoms with Gasteiger partial charge >= 0.3 is 0 Å². The van der Waals surface area contributed by atoms with Gasteiger partial charge in [0.2, 0.25) is 0 Å². The predicted octanol–water partition coefficient (Wildman–Crippen LogP) is 4.53. The lowest BCUT2D eigenvalue weighted by Crippen LogP contribution is -2.35. The van der Waals surface area contributed by atoms with Crippen LogP contribution in [0.4, 0.5) is 0 Å². The lowest BCUT2D eigenvalue weighted by molar-refractivity contribution is -0.140. The standard InChI is InChI=1S/C28H34N2O4/c1-7-18-34-22-14-10-20(11-15-22)25(31)23-24(19-8-12-21(13-9-19)28(2,3)4)30(17-16-29(5)6)27(33)26(23)32/h7-15,24,31H,1,16-18H2,2-6H3/b25-23-. The molecule has 180 valence electrons. The molecule has 1 unspecified atom stereocenters. The maximum Gasteiger partial charge on any atom is 0.295 e. The number of hydrogen-bond donors (Lipinski definition) is 1. The Morgan fingerprint density at radius 2 is 1.71 bits per heavy atom. The molecule has 0 bridgehead atoms. The molecule has 2 aromatic rings. The minimum atomic E-state index is -0.673. The molecule has 0 spiro atoms. The first kappa shape index (κ1) is 25.2. The second-order valence-corrected chi connectivity index (χ2v) is 9.79. The topological polar surface area (TPSA) is 70.1 Å². The third-order valence-corrected chi connectivity index (χ3v) is 5.92. The molecule has 0 aromatic heterocycles. The molecule has 0 radical (unpaired) electrons. The molecule has 1 aliphatic rings. The number of ether oxygens (including phenoxy) is 1. The highest BCUT2D eigenvalue weighted by molar-refractivity contribution is 6.46. The van der Waals surface area contributed by atoms with E-state index in [1.54, 1.807) is 35.2 Å². The quantitative estimate of drug-likeness (QED) is 0.270. The maximum absolute atomic E-state index is 13.1. The van der Waals surface area contributed by atoms with E-state index in [-0.39, 0.29) is 16.7 Å². The number of hydrogen-bond acceptors (Lipinski definition) is 5. The van der Waals surface area contributed by atoms with Gasteiger partial charge in [0.25, 0.3) is 11.7 Å². The number of amides is 1. The van der Waals surface area contributed by atoms with Gasteiger partial charge in [-0.05, 0) is 54.9 Å². The Labute approximate surface area is 202 Å². The molecule has 1 aliphatic heterocycles. The molecule has 3 rings (SSSR count). The van der Waals surface area contributed by atoms with Crippen LogP contribution in [0.15, 0.2) is 66.8 Å². The van der Waals surface area contributed by atoms with Crippen molar-refractivity contribution in [3.8, 4) is 5.75 Å². The SMILES string of the molecule is C=CCOc1ccc(/C(O)=C2/C(=O)C(=O)N(CCN(C)C)C2c2ccc(C(C)(C)C)cc2)cc1.